The Hall–Kier alpha value is -0.100. The Bertz CT molecular complexity index is 462. The number of hydrogen-bond donors (Lipinski definition) is 1. The molecule has 0 unspecified atom stereocenters. The SMILES string of the molecule is CS(=O)(=O)CCNCc1ccc(Cl)cc1Br. The lowest BCUT2D eigenvalue weighted by atomic mass is 10.2. The molecule has 0 heterocycles. The molecule has 1 N–H and O–H groups in total. The minimum Gasteiger partial charge on any atom is -0.312 e. The first-order valence-corrected chi connectivity index (χ1v) is 7.94. The lowest BCUT2D eigenvalue weighted by Crippen LogP contribution is -2.22. The molecular weight excluding hydrogens is 314 g/mol. The van der Waals surface area contributed by atoms with E-state index in [2.05, 4.69) is 21.2 Å². The van der Waals surface area contributed by atoms with Crippen LogP contribution >= 0.6 is 27.5 Å². The summed E-state index contributed by atoms with van der Waals surface area (Å²) in [5.41, 5.74) is 1.05. The zero-order chi connectivity index (χ0) is 12.2. The van der Waals surface area contributed by atoms with Crippen LogP contribution in [0.3, 0.4) is 0 Å². The van der Waals surface area contributed by atoms with Gasteiger partial charge >= 0.3 is 0 Å². The molecule has 0 aliphatic carbocycles. The molecule has 6 heteroatoms. The van der Waals surface area contributed by atoms with Gasteiger partial charge in [-0.1, -0.05) is 33.6 Å². The Morgan fingerprint density at radius 2 is 2.12 bits per heavy atom. The van der Waals surface area contributed by atoms with Crippen molar-refractivity contribution < 1.29 is 8.42 Å². The summed E-state index contributed by atoms with van der Waals surface area (Å²) < 4.78 is 22.7. The highest BCUT2D eigenvalue weighted by molar-refractivity contribution is 9.10. The predicted molar refractivity (Wildman–Crippen MR) is 70.6 cm³/mol. The molecule has 3 nitrogen and oxygen atoms in total. The molecule has 0 atom stereocenters. The molecule has 0 aliphatic rings. The Morgan fingerprint density at radius 1 is 1.44 bits per heavy atom. The minimum atomic E-state index is -2.89. The smallest absolute Gasteiger partial charge is 0.148 e. The highest BCUT2D eigenvalue weighted by Gasteiger charge is 2.03. The molecule has 0 radical (unpaired) electrons. The summed E-state index contributed by atoms with van der Waals surface area (Å²) in [5, 5.41) is 3.74. The van der Waals surface area contributed by atoms with Crippen LogP contribution in [0.1, 0.15) is 5.56 Å². The first-order chi connectivity index (χ1) is 7.38. The van der Waals surface area contributed by atoms with Crippen LogP contribution in [-0.4, -0.2) is 27.0 Å². The summed E-state index contributed by atoms with van der Waals surface area (Å²) in [6, 6.07) is 5.52. The molecule has 0 aromatic heterocycles. The molecule has 1 aromatic rings. The molecule has 0 aliphatic heterocycles. The van der Waals surface area contributed by atoms with Gasteiger partial charge in [-0.15, -0.1) is 0 Å². The van der Waals surface area contributed by atoms with Crippen molar-refractivity contribution in [2.75, 3.05) is 18.6 Å². The van der Waals surface area contributed by atoms with Crippen LogP contribution in [-0.2, 0) is 16.4 Å². The van der Waals surface area contributed by atoms with E-state index in [0.717, 1.165) is 10.0 Å². The van der Waals surface area contributed by atoms with E-state index in [1.807, 2.05) is 12.1 Å². The van der Waals surface area contributed by atoms with Crippen molar-refractivity contribution in [3.05, 3.63) is 33.3 Å². The van der Waals surface area contributed by atoms with Gasteiger partial charge in [0.05, 0.1) is 5.75 Å². The molecule has 1 aromatic carbocycles. The molecule has 1 rings (SSSR count). The second kappa shape index (κ2) is 6.00. The summed E-state index contributed by atoms with van der Waals surface area (Å²) in [5.74, 6) is 0.151. The van der Waals surface area contributed by atoms with Gasteiger partial charge in [-0.05, 0) is 17.7 Å². The largest absolute Gasteiger partial charge is 0.312 e. The van der Waals surface area contributed by atoms with E-state index in [4.69, 9.17) is 11.6 Å². The van der Waals surface area contributed by atoms with Crippen molar-refractivity contribution in [3.8, 4) is 0 Å². The first kappa shape index (κ1) is 14.0. The van der Waals surface area contributed by atoms with Gasteiger partial charge in [-0.2, -0.15) is 0 Å². The fourth-order valence-electron chi connectivity index (χ4n) is 1.15. The van der Waals surface area contributed by atoms with Crippen LogP contribution in [0.2, 0.25) is 5.02 Å². The van der Waals surface area contributed by atoms with Gasteiger partial charge in [0.1, 0.15) is 9.84 Å². The normalized spacial score (nSPS) is 11.7. The summed E-state index contributed by atoms with van der Waals surface area (Å²) in [7, 11) is -2.89. The zero-order valence-electron chi connectivity index (χ0n) is 8.83. The molecule has 0 spiro atoms. The lowest BCUT2D eigenvalue weighted by Gasteiger charge is -2.06. The maximum absolute atomic E-state index is 10.9. The van der Waals surface area contributed by atoms with E-state index < -0.39 is 9.84 Å². The second-order valence-electron chi connectivity index (χ2n) is 3.54. The maximum atomic E-state index is 10.9. The van der Waals surface area contributed by atoms with Crippen molar-refractivity contribution in [1.29, 1.82) is 0 Å². The Kier molecular flexibility index (Phi) is 5.24. The quantitative estimate of drug-likeness (QED) is 0.844. The third kappa shape index (κ3) is 5.30. The third-order valence-corrected chi connectivity index (χ3v) is 3.90. The standard InChI is InChI=1S/C10H13BrClNO2S/c1-16(14,15)5-4-13-7-8-2-3-9(12)6-10(8)11/h2-3,6,13H,4-5,7H2,1H3. The monoisotopic (exact) mass is 325 g/mol. The molecule has 0 saturated heterocycles. The molecule has 0 amide bonds. The molecule has 90 valence electrons. The number of benzene rings is 1. The van der Waals surface area contributed by atoms with Crippen LogP contribution < -0.4 is 5.32 Å². The predicted octanol–water partition coefficient (Wildman–Crippen LogP) is 2.24. The number of hydrogen-bond acceptors (Lipinski definition) is 3. The Labute approximate surface area is 109 Å². The topological polar surface area (TPSA) is 46.2 Å². The summed E-state index contributed by atoms with van der Waals surface area (Å²) in [4.78, 5) is 0. The van der Waals surface area contributed by atoms with Gasteiger partial charge in [0.15, 0.2) is 0 Å². The van der Waals surface area contributed by atoms with Crippen LogP contribution in [0.15, 0.2) is 22.7 Å². The van der Waals surface area contributed by atoms with Crippen LogP contribution in [0.5, 0.6) is 0 Å². The van der Waals surface area contributed by atoms with Gasteiger partial charge in [-0.3, -0.25) is 0 Å². The van der Waals surface area contributed by atoms with Crippen LogP contribution in [0.25, 0.3) is 0 Å². The highest BCUT2D eigenvalue weighted by Crippen LogP contribution is 2.21. The lowest BCUT2D eigenvalue weighted by molar-refractivity contribution is 0.596. The van der Waals surface area contributed by atoms with Crippen molar-refractivity contribution in [2.45, 2.75) is 6.54 Å². The molecule has 0 fully saturated rings. The fraction of sp³-hybridized carbons (Fsp3) is 0.400. The van der Waals surface area contributed by atoms with Crippen molar-refractivity contribution >= 4 is 37.4 Å². The van der Waals surface area contributed by atoms with Gasteiger partial charge in [0.25, 0.3) is 0 Å². The molecule has 0 saturated carbocycles. The van der Waals surface area contributed by atoms with Crippen LogP contribution in [0, 0.1) is 0 Å². The van der Waals surface area contributed by atoms with Gasteiger partial charge in [0, 0.05) is 28.8 Å². The zero-order valence-corrected chi connectivity index (χ0v) is 12.0. The summed E-state index contributed by atoms with van der Waals surface area (Å²) in [6.07, 6.45) is 1.23. The van der Waals surface area contributed by atoms with Crippen LogP contribution in [0.4, 0.5) is 0 Å². The van der Waals surface area contributed by atoms with E-state index in [0.29, 0.717) is 18.1 Å². The number of nitrogens with one attached hydrogen (secondary N) is 1. The second-order valence-corrected chi connectivity index (χ2v) is 7.09. The Balaban J connectivity index is 2.43. The average Bonchev–Trinajstić information content (AvgIpc) is 2.13. The van der Waals surface area contributed by atoms with Gasteiger partial charge < -0.3 is 5.32 Å². The highest BCUT2D eigenvalue weighted by atomic mass is 79.9. The van der Waals surface area contributed by atoms with Crippen molar-refractivity contribution in [1.82, 2.24) is 5.32 Å². The minimum absolute atomic E-state index is 0.151. The summed E-state index contributed by atoms with van der Waals surface area (Å²) in [6.45, 7) is 1.07. The van der Waals surface area contributed by atoms with Gasteiger partial charge in [-0.25, -0.2) is 8.42 Å². The van der Waals surface area contributed by atoms with E-state index in [-0.39, 0.29) is 5.75 Å². The molecule has 16 heavy (non-hydrogen) atoms. The van der Waals surface area contributed by atoms with Crippen molar-refractivity contribution in [3.63, 3.8) is 0 Å². The molecule has 0 bridgehead atoms. The molecular formula is C10H13BrClNO2S. The first-order valence-electron chi connectivity index (χ1n) is 4.71. The Morgan fingerprint density at radius 3 is 2.69 bits per heavy atom. The fourth-order valence-corrected chi connectivity index (χ4v) is 2.48. The van der Waals surface area contributed by atoms with E-state index >= 15 is 0 Å². The number of rotatable bonds is 5. The number of halogens is 2. The van der Waals surface area contributed by atoms with E-state index in [9.17, 15) is 8.42 Å². The third-order valence-electron chi connectivity index (χ3n) is 1.98. The summed E-state index contributed by atoms with van der Waals surface area (Å²) >= 11 is 9.20. The number of sulfone groups is 1. The van der Waals surface area contributed by atoms with E-state index in [1.165, 1.54) is 6.26 Å². The van der Waals surface area contributed by atoms with E-state index in [1.54, 1.807) is 6.07 Å². The van der Waals surface area contributed by atoms with Crippen molar-refractivity contribution in [2.24, 2.45) is 0 Å². The van der Waals surface area contributed by atoms with Gasteiger partial charge in [0.2, 0.25) is 0 Å². The maximum Gasteiger partial charge on any atom is 0.148 e. The average molecular weight is 327 g/mol.